The van der Waals surface area contributed by atoms with Crippen LogP contribution in [-0.2, 0) is 0 Å². The fraction of sp³-hybridized carbons (Fsp3) is 0.500. The van der Waals surface area contributed by atoms with Crippen LogP contribution >= 0.6 is 11.8 Å². The molecule has 0 radical (unpaired) electrons. The van der Waals surface area contributed by atoms with Crippen LogP contribution < -0.4 is 10.6 Å². The van der Waals surface area contributed by atoms with E-state index in [1.54, 1.807) is 6.07 Å². The van der Waals surface area contributed by atoms with Crippen LogP contribution in [0, 0.1) is 5.41 Å². The van der Waals surface area contributed by atoms with Crippen molar-refractivity contribution in [1.82, 2.24) is 4.98 Å². The highest BCUT2D eigenvalue weighted by molar-refractivity contribution is 8.00. The fourth-order valence-corrected chi connectivity index (χ4v) is 3.44. The highest BCUT2D eigenvalue weighted by atomic mass is 32.2. The van der Waals surface area contributed by atoms with Crippen molar-refractivity contribution in [2.24, 2.45) is 5.73 Å². The van der Waals surface area contributed by atoms with Crippen LogP contribution in [0.5, 0.6) is 0 Å². The van der Waals surface area contributed by atoms with Gasteiger partial charge in [0, 0.05) is 23.6 Å². The third-order valence-corrected chi connectivity index (χ3v) is 3.98. The molecule has 0 aliphatic carbocycles. The predicted molar refractivity (Wildman–Crippen MR) is 74.0 cm³/mol. The number of anilines is 1. The van der Waals surface area contributed by atoms with Crippen molar-refractivity contribution in [1.29, 1.82) is 5.41 Å². The third-order valence-electron chi connectivity index (χ3n) is 2.75. The molecule has 2 atom stereocenters. The molecule has 92 valence electrons. The highest BCUT2D eigenvalue weighted by Crippen LogP contribution is 2.27. The minimum absolute atomic E-state index is 0.0272. The summed E-state index contributed by atoms with van der Waals surface area (Å²) < 4.78 is 0. The number of nitrogen functional groups attached to an aromatic ring is 1. The Bertz CT molecular complexity index is 411. The summed E-state index contributed by atoms with van der Waals surface area (Å²) in [5, 5.41) is 8.64. The van der Waals surface area contributed by atoms with Gasteiger partial charge in [0.2, 0.25) is 0 Å². The Morgan fingerprint density at radius 3 is 2.65 bits per heavy atom. The van der Waals surface area contributed by atoms with E-state index in [1.165, 1.54) is 0 Å². The molecule has 1 saturated heterocycles. The number of nitrogens with zero attached hydrogens (tertiary/aromatic N) is 2. The number of pyridine rings is 1. The van der Waals surface area contributed by atoms with Gasteiger partial charge in [-0.15, -0.1) is 0 Å². The fourth-order valence-electron chi connectivity index (χ4n) is 2.11. The summed E-state index contributed by atoms with van der Waals surface area (Å²) >= 11 is 2.01. The Kier molecular flexibility index (Phi) is 3.57. The summed E-state index contributed by atoms with van der Waals surface area (Å²) in [5.74, 6) is 0.955. The van der Waals surface area contributed by atoms with Gasteiger partial charge in [0.1, 0.15) is 17.3 Å². The average molecular weight is 250 g/mol. The Morgan fingerprint density at radius 2 is 2.06 bits per heavy atom. The minimum Gasteiger partial charge on any atom is -0.382 e. The van der Waals surface area contributed by atoms with E-state index in [-0.39, 0.29) is 5.84 Å². The molecule has 17 heavy (non-hydrogen) atoms. The van der Waals surface area contributed by atoms with Crippen molar-refractivity contribution >= 4 is 23.4 Å². The number of hydrogen-bond acceptors (Lipinski definition) is 4. The number of nitrogens with two attached hydrogens (primary N) is 1. The van der Waals surface area contributed by atoms with Crippen LogP contribution in [0.15, 0.2) is 18.2 Å². The van der Waals surface area contributed by atoms with E-state index < -0.39 is 0 Å². The molecule has 2 rings (SSSR count). The molecule has 2 heterocycles. The van der Waals surface area contributed by atoms with Crippen molar-refractivity contribution in [3.05, 3.63) is 23.9 Å². The topological polar surface area (TPSA) is 66.0 Å². The van der Waals surface area contributed by atoms with Gasteiger partial charge in [-0.25, -0.2) is 4.98 Å². The summed E-state index contributed by atoms with van der Waals surface area (Å²) in [6.07, 6.45) is 0. The lowest BCUT2D eigenvalue weighted by atomic mass is 10.3. The quantitative estimate of drug-likeness (QED) is 0.619. The maximum atomic E-state index is 7.42. The first-order valence-electron chi connectivity index (χ1n) is 5.78. The summed E-state index contributed by atoms with van der Waals surface area (Å²) in [6, 6.07) is 5.68. The number of nitrogens with one attached hydrogen (secondary N) is 1. The molecule has 1 fully saturated rings. The van der Waals surface area contributed by atoms with Crippen LogP contribution in [-0.4, -0.2) is 34.4 Å². The molecule has 1 aromatic rings. The van der Waals surface area contributed by atoms with Gasteiger partial charge in [-0.1, -0.05) is 19.9 Å². The maximum absolute atomic E-state index is 7.42. The molecule has 1 aliphatic heterocycles. The lowest BCUT2D eigenvalue weighted by molar-refractivity contribution is 0.718. The summed E-state index contributed by atoms with van der Waals surface area (Å²) in [6.45, 7) is 6.48. The molecule has 0 spiro atoms. The summed E-state index contributed by atoms with van der Waals surface area (Å²) in [7, 11) is 0. The standard InChI is InChI=1S/C12H18N4S/c1-8-6-16(7-9(2)17-8)11-5-3-4-10(15-11)12(13)14/h3-5,8-9H,6-7H2,1-2H3,(H3,13,14). The van der Waals surface area contributed by atoms with Gasteiger partial charge in [-0.05, 0) is 12.1 Å². The predicted octanol–water partition coefficient (Wildman–Crippen LogP) is 1.70. The molecule has 5 heteroatoms. The second kappa shape index (κ2) is 4.96. The molecule has 1 aromatic heterocycles. The zero-order valence-electron chi connectivity index (χ0n) is 10.2. The van der Waals surface area contributed by atoms with Gasteiger partial charge < -0.3 is 10.6 Å². The third kappa shape index (κ3) is 2.91. The van der Waals surface area contributed by atoms with Gasteiger partial charge in [0.15, 0.2) is 0 Å². The lowest BCUT2D eigenvalue weighted by Gasteiger charge is -2.35. The molecular formula is C12H18N4S. The number of thioether (sulfide) groups is 1. The largest absolute Gasteiger partial charge is 0.382 e. The Hall–Kier alpha value is -1.23. The average Bonchev–Trinajstić information content (AvgIpc) is 2.28. The Morgan fingerprint density at radius 1 is 1.41 bits per heavy atom. The molecule has 0 amide bonds. The van der Waals surface area contributed by atoms with Crippen LogP contribution in [0.2, 0.25) is 0 Å². The molecule has 0 saturated carbocycles. The second-order valence-corrected chi connectivity index (χ2v) is 6.34. The minimum atomic E-state index is 0.0272. The second-order valence-electron chi connectivity index (χ2n) is 4.46. The molecule has 1 aliphatic rings. The van der Waals surface area contributed by atoms with Crippen LogP contribution in [0.25, 0.3) is 0 Å². The van der Waals surface area contributed by atoms with E-state index >= 15 is 0 Å². The van der Waals surface area contributed by atoms with E-state index in [9.17, 15) is 0 Å². The van der Waals surface area contributed by atoms with E-state index in [0.29, 0.717) is 16.2 Å². The van der Waals surface area contributed by atoms with Crippen molar-refractivity contribution in [3.63, 3.8) is 0 Å². The first-order chi connectivity index (χ1) is 8.06. The van der Waals surface area contributed by atoms with Crippen LogP contribution in [0.1, 0.15) is 19.5 Å². The number of rotatable bonds is 2. The van der Waals surface area contributed by atoms with Crippen molar-refractivity contribution in [2.45, 2.75) is 24.3 Å². The van der Waals surface area contributed by atoms with Crippen LogP contribution in [0.4, 0.5) is 5.82 Å². The Labute approximate surface area is 106 Å². The maximum Gasteiger partial charge on any atom is 0.141 e. The van der Waals surface area contributed by atoms with Crippen LogP contribution in [0.3, 0.4) is 0 Å². The zero-order chi connectivity index (χ0) is 12.4. The highest BCUT2D eigenvalue weighted by Gasteiger charge is 2.23. The normalized spacial score (nSPS) is 24.7. The molecular weight excluding hydrogens is 232 g/mol. The van der Waals surface area contributed by atoms with Crippen molar-refractivity contribution in [3.8, 4) is 0 Å². The molecule has 4 nitrogen and oxygen atoms in total. The van der Waals surface area contributed by atoms with Gasteiger partial charge in [0.25, 0.3) is 0 Å². The number of aromatic nitrogens is 1. The number of amidine groups is 1. The van der Waals surface area contributed by atoms with Gasteiger partial charge in [-0.2, -0.15) is 11.8 Å². The molecule has 2 unspecified atom stereocenters. The monoisotopic (exact) mass is 250 g/mol. The Balaban J connectivity index is 2.21. The van der Waals surface area contributed by atoms with Gasteiger partial charge in [0.05, 0.1) is 0 Å². The van der Waals surface area contributed by atoms with Crippen molar-refractivity contribution < 1.29 is 0 Å². The van der Waals surface area contributed by atoms with E-state index in [2.05, 4.69) is 23.7 Å². The van der Waals surface area contributed by atoms with E-state index in [1.807, 2.05) is 23.9 Å². The van der Waals surface area contributed by atoms with Gasteiger partial charge in [-0.3, -0.25) is 5.41 Å². The molecule has 3 N–H and O–H groups in total. The SMILES string of the molecule is CC1CN(c2cccc(C(=N)N)n2)CC(C)S1. The first-order valence-corrected chi connectivity index (χ1v) is 6.72. The first kappa shape index (κ1) is 12.2. The zero-order valence-corrected chi connectivity index (χ0v) is 11.0. The van der Waals surface area contributed by atoms with Gasteiger partial charge >= 0.3 is 0 Å². The number of hydrogen-bond donors (Lipinski definition) is 2. The van der Waals surface area contributed by atoms with E-state index in [4.69, 9.17) is 11.1 Å². The summed E-state index contributed by atoms with van der Waals surface area (Å²) in [5.41, 5.74) is 6.02. The molecule has 0 bridgehead atoms. The van der Waals surface area contributed by atoms with E-state index in [0.717, 1.165) is 18.9 Å². The molecule has 0 aromatic carbocycles. The lowest BCUT2D eigenvalue weighted by Crippen LogP contribution is -2.41. The summed E-state index contributed by atoms with van der Waals surface area (Å²) in [4.78, 5) is 6.71. The van der Waals surface area contributed by atoms with Crippen molar-refractivity contribution in [2.75, 3.05) is 18.0 Å². The smallest absolute Gasteiger partial charge is 0.141 e.